The van der Waals surface area contributed by atoms with Crippen LogP contribution in [0.3, 0.4) is 0 Å². The van der Waals surface area contributed by atoms with E-state index in [1.54, 1.807) is 6.20 Å². The average Bonchev–Trinajstić information content (AvgIpc) is 4.01. The number of benzene rings is 1. The number of aliphatic hydroxyl groups is 2. The maximum absolute atomic E-state index is 14.3. The minimum atomic E-state index is -1.46. The van der Waals surface area contributed by atoms with Crippen molar-refractivity contribution in [1.82, 2.24) is 51.8 Å². The van der Waals surface area contributed by atoms with Gasteiger partial charge in [0.15, 0.2) is 5.96 Å². The number of aromatic nitrogens is 3. The predicted octanol–water partition coefficient (Wildman–Crippen LogP) is -4.05. The molecule has 62 heavy (non-hydrogen) atoms. The van der Waals surface area contributed by atoms with Gasteiger partial charge in [0, 0.05) is 49.2 Å². The van der Waals surface area contributed by atoms with Crippen molar-refractivity contribution in [2.75, 3.05) is 13.1 Å². The number of likely N-dealkylation sites (tertiary alicyclic amines) is 1. The van der Waals surface area contributed by atoms with Gasteiger partial charge in [-0.25, -0.2) is 4.98 Å². The number of H-pyrrole nitrogens is 2. The van der Waals surface area contributed by atoms with Crippen molar-refractivity contribution in [3.8, 4) is 0 Å². The zero-order chi connectivity index (χ0) is 45.7. The molecule has 338 valence electrons. The SMILES string of the molecule is C[C@H](NC(=O)[C@H](Cc1c[nH]cn1)NC(=O)[C@@H](N)[C@@H](C)O)C(=O)N[C@@H](CCCNC(=N)N)C(=O)N1CCC[C@H]1C(=O)N[C@@H](Cc1c[nH]c2ccccc12)C(=O)N[C@H](C(N)=O)[C@@H](C)O. The van der Waals surface area contributed by atoms with E-state index in [0.29, 0.717) is 17.7 Å². The van der Waals surface area contributed by atoms with Crippen LogP contribution in [-0.2, 0) is 46.4 Å². The Bertz CT molecular complexity index is 2060. The van der Waals surface area contributed by atoms with Gasteiger partial charge in [-0.2, -0.15) is 0 Å². The molecule has 0 unspecified atom stereocenters. The molecule has 3 heterocycles. The summed E-state index contributed by atoms with van der Waals surface area (Å²) in [5.74, 6) is -5.80. The van der Waals surface area contributed by atoms with Crippen LogP contribution in [0.2, 0.25) is 0 Å². The smallest absolute Gasteiger partial charge is 0.245 e. The van der Waals surface area contributed by atoms with Crippen LogP contribution in [0.1, 0.15) is 57.7 Å². The number of aliphatic hydroxyl groups excluding tert-OH is 2. The molecule has 0 saturated carbocycles. The fraction of sp³-hybridized carbons (Fsp3) is 0.513. The number of carbonyl (C=O) groups is 7. The fourth-order valence-corrected chi connectivity index (χ4v) is 6.95. The molecule has 1 aliphatic rings. The zero-order valence-corrected chi connectivity index (χ0v) is 34.8. The van der Waals surface area contributed by atoms with E-state index >= 15 is 0 Å². The van der Waals surface area contributed by atoms with E-state index in [0.717, 1.165) is 10.9 Å². The Morgan fingerprint density at radius 2 is 1.55 bits per heavy atom. The summed E-state index contributed by atoms with van der Waals surface area (Å²) in [5, 5.41) is 43.7. The van der Waals surface area contributed by atoms with Crippen LogP contribution in [0.25, 0.3) is 10.9 Å². The quantitative estimate of drug-likeness (QED) is 0.0260. The number of hydrogen-bond acceptors (Lipinski definition) is 12. The van der Waals surface area contributed by atoms with Crippen LogP contribution < -0.4 is 49.1 Å². The van der Waals surface area contributed by atoms with Gasteiger partial charge in [-0.05, 0) is 58.1 Å². The van der Waals surface area contributed by atoms with Crippen LogP contribution in [0.15, 0.2) is 43.0 Å². The van der Waals surface area contributed by atoms with E-state index in [1.807, 2.05) is 24.3 Å². The molecular formula is C39H58N14O9. The molecule has 23 nitrogen and oxygen atoms in total. The summed E-state index contributed by atoms with van der Waals surface area (Å²) >= 11 is 0. The molecule has 1 aromatic carbocycles. The van der Waals surface area contributed by atoms with Gasteiger partial charge in [-0.15, -0.1) is 0 Å². The first kappa shape index (κ1) is 48.1. The van der Waals surface area contributed by atoms with Crippen molar-refractivity contribution in [3.63, 3.8) is 0 Å². The van der Waals surface area contributed by atoms with Gasteiger partial charge in [0.2, 0.25) is 41.4 Å². The lowest BCUT2D eigenvalue weighted by Crippen LogP contribution is -2.60. The number of nitrogens with two attached hydrogens (primary N) is 3. The Hall–Kier alpha value is -6.59. The van der Waals surface area contributed by atoms with Crippen molar-refractivity contribution in [1.29, 1.82) is 5.41 Å². The summed E-state index contributed by atoms with van der Waals surface area (Å²) < 4.78 is 0. The second-order valence-corrected chi connectivity index (χ2v) is 15.3. The van der Waals surface area contributed by atoms with Crippen LogP contribution >= 0.6 is 0 Å². The highest BCUT2D eigenvalue weighted by atomic mass is 16.3. The third-order valence-corrected chi connectivity index (χ3v) is 10.4. The number of hydrogen-bond donors (Lipinski definition) is 14. The summed E-state index contributed by atoms with van der Waals surface area (Å²) in [4.78, 5) is 105. The number of nitrogens with zero attached hydrogens (tertiary/aromatic N) is 2. The topological polar surface area (TPSA) is 382 Å². The Labute approximate surface area is 357 Å². The van der Waals surface area contributed by atoms with Gasteiger partial charge in [0.25, 0.3) is 0 Å². The van der Waals surface area contributed by atoms with Crippen molar-refractivity contribution in [2.24, 2.45) is 17.2 Å². The third-order valence-electron chi connectivity index (χ3n) is 10.4. The van der Waals surface area contributed by atoms with Crippen molar-refractivity contribution in [3.05, 3.63) is 54.2 Å². The van der Waals surface area contributed by atoms with Gasteiger partial charge in [-0.3, -0.25) is 39.0 Å². The van der Waals surface area contributed by atoms with Crippen LogP contribution in [0.5, 0.6) is 0 Å². The highest BCUT2D eigenvalue weighted by molar-refractivity contribution is 5.98. The van der Waals surface area contributed by atoms with E-state index < -0.39 is 95.9 Å². The maximum Gasteiger partial charge on any atom is 0.245 e. The molecule has 0 radical (unpaired) electrons. The molecule has 3 aromatic rings. The minimum Gasteiger partial charge on any atom is -0.391 e. The lowest BCUT2D eigenvalue weighted by molar-refractivity contribution is -0.142. The first-order valence-electron chi connectivity index (χ1n) is 20.2. The molecule has 4 rings (SSSR count). The highest BCUT2D eigenvalue weighted by Crippen LogP contribution is 2.22. The van der Waals surface area contributed by atoms with Crippen LogP contribution in [-0.4, -0.2) is 145 Å². The zero-order valence-electron chi connectivity index (χ0n) is 34.8. The monoisotopic (exact) mass is 866 g/mol. The summed E-state index contributed by atoms with van der Waals surface area (Å²) in [5.41, 5.74) is 18.5. The number of primary amides is 1. The summed E-state index contributed by atoms with van der Waals surface area (Å²) in [6, 6.07) is -1.65. The molecule has 9 atom stereocenters. The summed E-state index contributed by atoms with van der Waals surface area (Å²) in [6.07, 6.45) is 2.72. The molecule has 1 saturated heterocycles. The number of amides is 7. The lowest BCUT2D eigenvalue weighted by atomic mass is 10.0. The first-order chi connectivity index (χ1) is 29.4. The van der Waals surface area contributed by atoms with E-state index in [4.69, 9.17) is 22.6 Å². The van der Waals surface area contributed by atoms with Gasteiger partial charge >= 0.3 is 0 Å². The molecule has 2 aromatic heterocycles. The Kier molecular flexibility index (Phi) is 17.3. The number of nitrogens with one attached hydrogen (secondary N) is 9. The third kappa shape index (κ3) is 13.2. The Balaban J connectivity index is 1.52. The molecule has 23 heteroatoms. The van der Waals surface area contributed by atoms with Crippen LogP contribution in [0, 0.1) is 5.41 Å². The van der Waals surface area contributed by atoms with E-state index in [1.165, 1.54) is 38.2 Å². The standard InChI is InChI=1S/C39H58N14O9/c1-19(48-34(58)28(15-23-17-44-18-47-23)51-37(61)30(40)20(2)54)33(57)49-26(10-6-12-45-39(42)43)38(62)53-13-7-11-29(53)36(60)50-27(35(59)52-31(21(3)55)32(41)56)14-22-16-46-25-9-5-4-8-24(22)25/h4-5,8-9,16-21,26-31,46,54-55H,6-7,10-15,40H2,1-3H3,(H2,41,56)(H,44,47)(H,48,58)(H,49,57)(H,50,60)(H,51,61)(H,52,59)(H4,42,43,45)/t19-,20+,21+,26-,27-,28-,29-,30-,31-/m0/s1. The molecule has 0 spiro atoms. The molecule has 7 amide bonds. The number of imidazole rings is 1. The second-order valence-electron chi connectivity index (χ2n) is 15.3. The van der Waals surface area contributed by atoms with Crippen LogP contribution in [0.4, 0.5) is 0 Å². The number of fused-ring (bicyclic) bond motifs is 1. The van der Waals surface area contributed by atoms with Gasteiger partial charge < -0.3 is 74.2 Å². The fourth-order valence-electron chi connectivity index (χ4n) is 6.95. The highest BCUT2D eigenvalue weighted by Gasteiger charge is 2.40. The largest absolute Gasteiger partial charge is 0.391 e. The van der Waals surface area contributed by atoms with Crippen molar-refractivity contribution < 1.29 is 43.8 Å². The van der Waals surface area contributed by atoms with Crippen molar-refractivity contribution >= 4 is 58.2 Å². The maximum atomic E-state index is 14.3. The minimum absolute atomic E-state index is 0.0187. The second kappa shape index (κ2) is 22.3. The number of rotatable bonds is 22. The molecule has 17 N–H and O–H groups in total. The lowest BCUT2D eigenvalue weighted by Gasteiger charge is -2.31. The van der Waals surface area contributed by atoms with Gasteiger partial charge in [0.1, 0.15) is 42.3 Å². The molecule has 0 aliphatic carbocycles. The average molecular weight is 867 g/mol. The van der Waals surface area contributed by atoms with E-state index in [-0.39, 0.29) is 51.2 Å². The molecule has 1 fully saturated rings. The summed E-state index contributed by atoms with van der Waals surface area (Å²) in [6.45, 7) is 4.25. The van der Waals surface area contributed by atoms with Gasteiger partial charge in [0.05, 0.1) is 24.2 Å². The number of aromatic amines is 2. The van der Waals surface area contributed by atoms with E-state index in [2.05, 4.69) is 46.9 Å². The van der Waals surface area contributed by atoms with Crippen molar-refractivity contribution in [2.45, 2.75) is 114 Å². The Morgan fingerprint density at radius 1 is 0.871 bits per heavy atom. The number of guanidine groups is 1. The normalized spacial score (nSPS) is 17.6. The number of para-hydroxylation sites is 1. The molecule has 1 aliphatic heterocycles. The van der Waals surface area contributed by atoms with Gasteiger partial charge in [-0.1, -0.05) is 18.2 Å². The first-order valence-corrected chi connectivity index (χ1v) is 20.2. The summed E-state index contributed by atoms with van der Waals surface area (Å²) in [7, 11) is 0. The predicted molar refractivity (Wildman–Crippen MR) is 224 cm³/mol. The van der Waals surface area contributed by atoms with E-state index in [9.17, 15) is 43.8 Å². The molecule has 0 bridgehead atoms. The number of carbonyl (C=O) groups excluding carboxylic acids is 7. The molecular weight excluding hydrogens is 809 g/mol. The Morgan fingerprint density at radius 3 is 2.19 bits per heavy atom.